The van der Waals surface area contributed by atoms with Crippen LogP contribution in [0.25, 0.3) is 11.0 Å². The third-order valence-electron chi connectivity index (χ3n) is 6.61. The fourth-order valence-electron chi connectivity index (χ4n) is 4.66. The lowest BCUT2D eigenvalue weighted by molar-refractivity contribution is -0.140. The van der Waals surface area contributed by atoms with E-state index in [0.29, 0.717) is 33.3 Å². The zero-order valence-corrected chi connectivity index (χ0v) is 22.0. The van der Waals surface area contributed by atoms with Gasteiger partial charge in [0.15, 0.2) is 11.5 Å². The van der Waals surface area contributed by atoms with Crippen LogP contribution in [-0.4, -0.2) is 38.5 Å². The number of ether oxygens (including phenoxy) is 2. The Morgan fingerprint density at radius 2 is 1.68 bits per heavy atom. The first-order valence-electron chi connectivity index (χ1n) is 12.6. The smallest absolute Gasteiger partial charge is 0.251 e. The molecule has 0 radical (unpaired) electrons. The molecular formula is C30H24ClN5O4. The molecule has 10 heteroatoms. The number of carbonyl (C=O) groups is 2. The number of nitrogens with zero attached hydrogens (tertiary/aromatic N) is 4. The first-order valence-corrected chi connectivity index (χ1v) is 13.0. The van der Waals surface area contributed by atoms with Gasteiger partial charge in [0.1, 0.15) is 18.1 Å². The summed E-state index contributed by atoms with van der Waals surface area (Å²) in [7, 11) is 0. The predicted octanol–water partition coefficient (Wildman–Crippen LogP) is 5.22. The Labute approximate surface area is 234 Å². The molecule has 4 aromatic carbocycles. The molecule has 5 aromatic rings. The summed E-state index contributed by atoms with van der Waals surface area (Å²) < 4.78 is 12.4. The average molecular weight is 554 g/mol. The van der Waals surface area contributed by atoms with Crippen molar-refractivity contribution in [2.45, 2.75) is 19.1 Å². The molecule has 6 rings (SSSR count). The molecule has 0 fully saturated rings. The number of amides is 2. The van der Waals surface area contributed by atoms with E-state index in [9.17, 15) is 9.59 Å². The van der Waals surface area contributed by atoms with Crippen molar-refractivity contribution in [1.82, 2.24) is 19.9 Å². The topological polar surface area (TPSA) is 98.6 Å². The van der Waals surface area contributed by atoms with Gasteiger partial charge in [-0.15, -0.1) is 5.10 Å². The minimum Gasteiger partial charge on any atom is -0.454 e. The molecular weight excluding hydrogens is 530 g/mol. The minimum absolute atomic E-state index is 0.102. The number of carbonyl (C=O) groups excluding carboxylic acids is 2. The summed E-state index contributed by atoms with van der Waals surface area (Å²) in [4.78, 5) is 29.6. The van der Waals surface area contributed by atoms with Gasteiger partial charge < -0.3 is 19.7 Å². The maximum atomic E-state index is 14.0. The van der Waals surface area contributed by atoms with E-state index in [1.165, 1.54) is 0 Å². The van der Waals surface area contributed by atoms with Crippen LogP contribution in [0.4, 0.5) is 5.69 Å². The van der Waals surface area contributed by atoms with Gasteiger partial charge in [-0.1, -0.05) is 71.4 Å². The minimum atomic E-state index is -0.954. The third-order valence-corrected chi connectivity index (χ3v) is 6.86. The number of hydrogen-bond acceptors (Lipinski definition) is 6. The Morgan fingerprint density at radius 3 is 2.50 bits per heavy atom. The largest absolute Gasteiger partial charge is 0.454 e. The lowest BCUT2D eigenvalue weighted by atomic mass is 10.0. The molecule has 1 aromatic heterocycles. The average Bonchev–Trinajstić information content (AvgIpc) is 3.61. The summed E-state index contributed by atoms with van der Waals surface area (Å²) >= 11 is 6.12. The monoisotopic (exact) mass is 553 g/mol. The fourth-order valence-corrected chi connectivity index (χ4v) is 4.78. The molecule has 2 heterocycles. The van der Waals surface area contributed by atoms with E-state index in [2.05, 4.69) is 15.6 Å². The van der Waals surface area contributed by atoms with E-state index in [1.807, 2.05) is 66.7 Å². The van der Waals surface area contributed by atoms with E-state index < -0.39 is 6.04 Å². The summed E-state index contributed by atoms with van der Waals surface area (Å²) in [6, 6.07) is 28.0. The van der Waals surface area contributed by atoms with Crippen molar-refractivity contribution in [2.75, 3.05) is 12.1 Å². The molecule has 0 aliphatic carbocycles. The van der Waals surface area contributed by atoms with Crippen LogP contribution in [0.3, 0.4) is 0 Å². The quantitative estimate of drug-likeness (QED) is 0.283. The second-order valence-corrected chi connectivity index (χ2v) is 9.69. The molecule has 0 bridgehead atoms. The van der Waals surface area contributed by atoms with Crippen molar-refractivity contribution in [3.05, 3.63) is 113 Å². The van der Waals surface area contributed by atoms with Gasteiger partial charge in [0.2, 0.25) is 12.7 Å². The Balaban J connectivity index is 1.37. The number of para-hydroxylation sites is 1. The second kappa shape index (κ2) is 11.1. The standard InChI is InChI=1S/C30H24ClN5O4/c31-22-12-10-20(11-13-22)17-35(28(37)18-36-25-9-5-4-8-24(25)33-34-36)29(21-6-2-1-3-7-21)30(38)32-23-14-15-26-27(16-23)40-19-39-26/h1-16,29H,17-19H2,(H,32,38). The van der Waals surface area contributed by atoms with Crippen LogP contribution in [-0.2, 0) is 22.7 Å². The highest BCUT2D eigenvalue weighted by Gasteiger charge is 2.32. The first-order chi connectivity index (χ1) is 19.5. The lowest BCUT2D eigenvalue weighted by Crippen LogP contribution is -2.42. The highest BCUT2D eigenvalue weighted by Crippen LogP contribution is 2.35. The number of fused-ring (bicyclic) bond motifs is 2. The van der Waals surface area contributed by atoms with E-state index in [4.69, 9.17) is 21.1 Å². The van der Waals surface area contributed by atoms with Gasteiger partial charge in [-0.25, -0.2) is 4.68 Å². The summed E-state index contributed by atoms with van der Waals surface area (Å²) in [5, 5.41) is 11.9. The van der Waals surface area contributed by atoms with E-state index in [-0.39, 0.29) is 31.7 Å². The van der Waals surface area contributed by atoms with E-state index in [1.54, 1.807) is 39.9 Å². The number of anilines is 1. The molecule has 1 atom stereocenters. The van der Waals surface area contributed by atoms with Gasteiger partial charge in [-0.3, -0.25) is 9.59 Å². The molecule has 1 N–H and O–H groups in total. The zero-order chi connectivity index (χ0) is 27.5. The molecule has 1 unspecified atom stereocenters. The second-order valence-electron chi connectivity index (χ2n) is 9.25. The summed E-state index contributed by atoms with van der Waals surface area (Å²) in [6.07, 6.45) is 0. The van der Waals surface area contributed by atoms with E-state index >= 15 is 0 Å². The SMILES string of the molecule is O=C(Nc1ccc2c(c1)OCO2)C(c1ccccc1)N(Cc1ccc(Cl)cc1)C(=O)Cn1nnc2ccccc21. The van der Waals surface area contributed by atoms with Crippen molar-refractivity contribution >= 4 is 40.1 Å². The fraction of sp³-hybridized carbons (Fsp3) is 0.133. The predicted molar refractivity (Wildman–Crippen MR) is 150 cm³/mol. The first kappa shape index (κ1) is 25.4. The van der Waals surface area contributed by atoms with Gasteiger partial charge >= 0.3 is 0 Å². The summed E-state index contributed by atoms with van der Waals surface area (Å²) in [5.74, 6) is 0.467. The number of nitrogens with one attached hydrogen (secondary N) is 1. The molecule has 0 saturated heterocycles. The number of halogens is 1. The highest BCUT2D eigenvalue weighted by molar-refractivity contribution is 6.30. The molecule has 1 aliphatic heterocycles. The number of aromatic nitrogens is 3. The van der Waals surface area contributed by atoms with Crippen LogP contribution in [0.5, 0.6) is 11.5 Å². The van der Waals surface area contributed by atoms with Crippen molar-refractivity contribution in [2.24, 2.45) is 0 Å². The zero-order valence-electron chi connectivity index (χ0n) is 21.2. The Hall–Kier alpha value is -4.89. The molecule has 40 heavy (non-hydrogen) atoms. The summed E-state index contributed by atoms with van der Waals surface area (Å²) in [6.45, 7) is 0.186. The van der Waals surface area contributed by atoms with Crippen molar-refractivity contribution < 1.29 is 19.1 Å². The van der Waals surface area contributed by atoms with Crippen LogP contribution in [0.1, 0.15) is 17.2 Å². The highest BCUT2D eigenvalue weighted by atomic mass is 35.5. The van der Waals surface area contributed by atoms with Crippen LogP contribution in [0.2, 0.25) is 5.02 Å². The summed E-state index contributed by atoms with van der Waals surface area (Å²) in [5.41, 5.74) is 3.41. The molecule has 200 valence electrons. The van der Waals surface area contributed by atoms with Crippen molar-refractivity contribution in [3.8, 4) is 11.5 Å². The van der Waals surface area contributed by atoms with Crippen LogP contribution in [0.15, 0.2) is 97.1 Å². The maximum absolute atomic E-state index is 14.0. The van der Waals surface area contributed by atoms with Crippen molar-refractivity contribution in [1.29, 1.82) is 0 Å². The molecule has 0 spiro atoms. The Morgan fingerprint density at radius 1 is 0.925 bits per heavy atom. The van der Waals surface area contributed by atoms with Gasteiger partial charge in [-0.2, -0.15) is 0 Å². The third kappa shape index (κ3) is 5.32. The van der Waals surface area contributed by atoms with Crippen LogP contribution >= 0.6 is 11.6 Å². The molecule has 1 aliphatic rings. The Kier molecular flexibility index (Phi) is 7.03. The normalized spacial score (nSPS) is 12.7. The molecule has 0 saturated carbocycles. The number of benzene rings is 4. The number of hydrogen-bond donors (Lipinski definition) is 1. The molecule has 9 nitrogen and oxygen atoms in total. The van der Waals surface area contributed by atoms with Crippen LogP contribution < -0.4 is 14.8 Å². The van der Waals surface area contributed by atoms with E-state index in [0.717, 1.165) is 11.1 Å². The van der Waals surface area contributed by atoms with Gasteiger partial charge in [0.05, 0.1) is 5.52 Å². The maximum Gasteiger partial charge on any atom is 0.251 e. The molecule has 2 amide bonds. The van der Waals surface area contributed by atoms with Gasteiger partial charge in [-0.05, 0) is 47.5 Å². The van der Waals surface area contributed by atoms with Gasteiger partial charge in [0, 0.05) is 23.3 Å². The van der Waals surface area contributed by atoms with Crippen molar-refractivity contribution in [3.63, 3.8) is 0 Å². The van der Waals surface area contributed by atoms with Gasteiger partial charge in [0.25, 0.3) is 5.91 Å². The van der Waals surface area contributed by atoms with Crippen LogP contribution in [0, 0.1) is 0 Å². The number of rotatable bonds is 8. The Bertz CT molecular complexity index is 1670. The lowest BCUT2D eigenvalue weighted by Gasteiger charge is -2.31.